The van der Waals surface area contributed by atoms with Crippen molar-refractivity contribution in [1.29, 1.82) is 0 Å². The highest BCUT2D eigenvalue weighted by Gasteiger charge is 2.13. The van der Waals surface area contributed by atoms with Crippen LogP contribution in [0.5, 0.6) is 5.75 Å². The third-order valence-corrected chi connectivity index (χ3v) is 2.70. The van der Waals surface area contributed by atoms with Gasteiger partial charge in [0.1, 0.15) is 5.75 Å². The van der Waals surface area contributed by atoms with E-state index in [9.17, 15) is 0 Å². The number of hydrogen-bond donors (Lipinski definition) is 1. The van der Waals surface area contributed by atoms with Gasteiger partial charge in [0.2, 0.25) is 11.7 Å². The van der Waals surface area contributed by atoms with Gasteiger partial charge in [-0.1, -0.05) is 16.8 Å². The molecule has 0 spiro atoms. The third kappa shape index (κ3) is 2.80. The molecule has 96 valence electrons. The molecule has 0 aliphatic carbocycles. The lowest BCUT2D eigenvalue weighted by molar-refractivity contribution is 0.376. The second kappa shape index (κ2) is 5.84. The molecule has 18 heavy (non-hydrogen) atoms. The van der Waals surface area contributed by atoms with Crippen LogP contribution in [0, 0.1) is 0 Å². The molecule has 0 amide bonds. The number of hydrogen-bond acceptors (Lipinski definition) is 5. The summed E-state index contributed by atoms with van der Waals surface area (Å²) in [6.07, 6.45) is 1.50. The van der Waals surface area contributed by atoms with E-state index in [-0.39, 0.29) is 0 Å². The highest BCUT2D eigenvalue weighted by Crippen LogP contribution is 2.30. The molecule has 1 aromatic heterocycles. The maximum atomic E-state index is 5.90. The molecule has 0 saturated heterocycles. The molecular weight excluding hydrogens is 254 g/mol. The van der Waals surface area contributed by atoms with Gasteiger partial charge in [-0.05, 0) is 31.2 Å². The molecule has 5 nitrogen and oxygen atoms in total. The van der Waals surface area contributed by atoms with Crippen molar-refractivity contribution >= 4 is 11.6 Å². The van der Waals surface area contributed by atoms with Gasteiger partial charge in [-0.25, -0.2) is 0 Å². The smallest absolute Gasteiger partial charge is 0.227 e. The summed E-state index contributed by atoms with van der Waals surface area (Å²) in [6, 6.07) is 5.28. The highest BCUT2D eigenvalue weighted by atomic mass is 35.5. The van der Waals surface area contributed by atoms with Crippen LogP contribution in [0.4, 0.5) is 0 Å². The van der Waals surface area contributed by atoms with Crippen molar-refractivity contribution < 1.29 is 9.26 Å². The van der Waals surface area contributed by atoms with Gasteiger partial charge in [0, 0.05) is 11.4 Å². The van der Waals surface area contributed by atoms with Crippen molar-refractivity contribution in [2.75, 3.05) is 13.7 Å². The number of nitrogens with two attached hydrogens (primary N) is 1. The fraction of sp³-hybridized carbons (Fsp3) is 0.333. The molecule has 0 bridgehead atoms. The van der Waals surface area contributed by atoms with Crippen LogP contribution in [0.25, 0.3) is 11.4 Å². The molecule has 2 rings (SSSR count). The van der Waals surface area contributed by atoms with Gasteiger partial charge in [0.05, 0.1) is 12.7 Å². The average Bonchev–Trinajstić information content (AvgIpc) is 2.84. The van der Waals surface area contributed by atoms with Crippen LogP contribution < -0.4 is 10.5 Å². The van der Waals surface area contributed by atoms with Crippen LogP contribution >= 0.6 is 11.6 Å². The standard InChI is InChI=1S/C12H14ClN3O2/c1-17-10-7-8(13)4-5-9(10)12-15-11(18-16-12)3-2-6-14/h4-5,7H,2-3,6,14H2,1H3. The van der Waals surface area contributed by atoms with Crippen LogP contribution in [0.1, 0.15) is 12.3 Å². The first-order valence-electron chi connectivity index (χ1n) is 5.61. The van der Waals surface area contributed by atoms with Crippen molar-refractivity contribution in [3.8, 4) is 17.1 Å². The Morgan fingerprint density at radius 1 is 1.44 bits per heavy atom. The van der Waals surface area contributed by atoms with E-state index in [1.807, 2.05) is 0 Å². The Morgan fingerprint density at radius 2 is 2.28 bits per heavy atom. The van der Waals surface area contributed by atoms with Crippen LogP contribution in [-0.2, 0) is 6.42 Å². The molecule has 0 aliphatic heterocycles. The Morgan fingerprint density at radius 3 is 3.00 bits per heavy atom. The van der Waals surface area contributed by atoms with Crippen molar-refractivity contribution in [3.63, 3.8) is 0 Å². The van der Waals surface area contributed by atoms with Crippen molar-refractivity contribution in [2.24, 2.45) is 5.73 Å². The van der Waals surface area contributed by atoms with Gasteiger partial charge in [0.25, 0.3) is 0 Å². The molecule has 0 radical (unpaired) electrons. The van der Waals surface area contributed by atoms with Crippen LogP contribution in [0.3, 0.4) is 0 Å². The summed E-state index contributed by atoms with van der Waals surface area (Å²) in [5.74, 6) is 1.69. The zero-order chi connectivity index (χ0) is 13.0. The van der Waals surface area contributed by atoms with Crippen molar-refractivity contribution in [2.45, 2.75) is 12.8 Å². The minimum atomic E-state index is 0.496. The highest BCUT2D eigenvalue weighted by molar-refractivity contribution is 6.30. The molecule has 1 heterocycles. The number of aryl methyl sites for hydroxylation is 1. The first-order chi connectivity index (χ1) is 8.74. The summed E-state index contributed by atoms with van der Waals surface area (Å²) in [7, 11) is 1.57. The van der Waals surface area contributed by atoms with E-state index in [2.05, 4.69) is 10.1 Å². The lowest BCUT2D eigenvalue weighted by Crippen LogP contribution is -2.00. The molecule has 1 aromatic carbocycles. The number of methoxy groups -OCH3 is 1. The van der Waals surface area contributed by atoms with E-state index in [4.69, 9.17) is 26.6 Å². The molecular formula is C12H14ClN3O2. The second-order valence-corrected chi connectivity index (χ2v) is 4.18. The maximum Gasteiger partial charge on any atom is 0.227 e. The number of aromatic nitrogens is 2. The molecule has 0 fully saturated rings. The Hall–Kier alpha value is -1.59. The summed E-state index contributed by atoms with van der Waals surface area (Å²) in [6.45, 7) is 0.599. The van der Waals surface area contributed by atoms with E-state index in [1.54, 1.807) is 25.3 Å². The summed E-state index contributed by atoms with van der Waals surface area (Å²) in [4.78, 5) is 4.30. The predicted molar refractivity (Wildman–Crippen MR) is 68.7 cm³/mol. The zero-order valence-corrected chi connectivity index (χ0v) is 10.8. The van der Waals surface area contributed by atoms with Crippen molar-refractivity contribution in [1.82, 2.24) is 10.1 Å². The van der Waals surface area contributed by atoms with Gasteiger partial charge in [-0.2, -0.15) is 4.98 Å². The number of nitrogens with zero attached hydrogens (tertiary/aromatic N) is 2. The molecule has 2 aromatic rings. The fourth-order valence-corrected chi connectivity index (χ4v) is 1.73. The van der Waals surface area contributed by atoms with E-state index in [1.165, 1.54) is 0 Å². The minimum absolute atomic E-state index is 0.496. The monoisotopic (exact) mass is 267 g/mol. The van der Waals surface area contributed by atoms with E-state index in [0.29, 0.717) is 35.5 Å². The average molecular weight is 268 g/mol. The van der Waals surface area contributed by atoms with Gasteiger partial charge in [-0.15, -0.1) is 0 Å². The lowest BCUT2D eigenvalue weighted by Gasteiger charge is -2.04. The number of ether oxygens (including phenoxy) is 1. The first-order valence-corrected chi connectivity index (χ1v) is 5.99. The topological polar surface area (TPSA) is 74.2 Å². The Bertz CT molecular complexity index is 528. The third-order valence-electron chi connectivity index (χ3n) is 2.47. The van der Waals surface area contributed by atoms with Crippen molar-refractivity contribution in [3.05, 3.63) is 29.1 Å². The van der Waals surface area contributed by atoms with Crippen LogP contribution in [0.15, 0.2) is 22.7 Å². The summed E-state index contributed by atoms with van der Waals surface area (Å²) in [5, 5.41) is 4.53. The van der Waals surface area contributed by atoms with E-state index in [0.717, 1.165) is 12.0 Å². The molecule has 2 N–H and O–H groups in total. The largest absolute Gasteiger partial charge is 0.496 e. The number of benzene rings is 1. The van der Waals surface area contributed by atoms with Crippen LogP contribution in [-0.4, -0.2) is 23.8 Å². The number of halogens is 1. The maximum absolute atomic E-state index is 5.90. The molecule has 0 atom stereocenters. The molecule has 0 unspecified atom stereocenters. The van der Waals surface area contributed by atoms with E-state index < -0.39 is 0 Å². The van der Waals surface area contributed by atoms with E-state index >= 15 is 0 Å². The summed E-state index contributed by atoms with van der Waals surface area (Å²) >= 11 is 5.90. The molecule has 0 saturated carbocycles. The number of rotatable bonds is 5. The second-order valence-electron chi connectivity index (χ2n) is 3.75. The predicted octanol–water partition coefficient (Wildman–Crippen LogP) is 2.29. The quantitative estimate of drug-likeness (QED) is 0.900. The van der Waals surface area contributed by atoms with Gasteiger partial charge in [-0.3, -0.25) is 0 Å². The fourth-order valence-electron chi connectivity index (χ4n) is 1.57. The van der Waals surface area contributed by atoms with Crippen LogP contribution in [0.2, 0.25) is 5.02 Å². The Kier molecular flexibility index (Phi) is 4.17. The minimum Gasteiger partial charge on any atom is -0.496 e. The Labute approximate surface area is 110 Å². The van der Waals surface area contributed by atoms with Gasteiger partial charge >= 0.3 is 0 Å². The molecule has 6 heteroatoms. The summed E-state index contributed by atoms with van der Waals surface area (Å²) < 4.78 is 10.4. The first kappa shape index (κ1) is 12.9. The zero-order valence-electron chi connectivity index (χ0n) is 10.0. The lowest BCUT2D eigenvalue weighted by atomic mass is 10.2. The summed E-state index contributed by atoms with van der Waals surface area (Å²) in [5.41, 5.74) is 6.19. The normalized spacial score (nSPS) is 10.6. The molecule has 0 aliphatic rings. The van der Waals surface area contributed by atoms with Gasteiger partial charge < -0.3 is 15.0 Å². The Balaban J connectivity index is 2.28. The SMILES string of the molecule is COc1cc(Cl)ccc1-c1noc(CCCN)n1. The van der Waals surface area contributed by atoms with Gasteiger partial charge in [0.15, 0.2) is 0 Å².